The Morgan fingerprint density at radius 1 is 1.28 bits per heavy atom. The van der Waals surface area contributed by atoms with E-state index < -0.39 is 0 Å². The molecule has 0 radical (unpaired) electrons. The van der Waals surface area contributed by atoms with E-state index in [-0.39, 0.29) is 36.0 Å². The summed E-state index contributed by atoms with van der Waals surface area (Å²) in [6.45, 7) is 0.888. The van der Waals surface area contributed by atoms with Crippen LogP contribution in [-0.2, 0) is 4.79 Å². The average molecular weight is 385 g/mol. The lowest BCUT2D eigenvalue weighted by atomic mass is 10.1. The maximum absolute atomic E-state index is 13.9. The predicted molar refractivity (Wildman–Crippen MR) is 99.1 cm³/mol. The second-order valence-electron chi connectivity index (χ2n) is 5.73. The second kappa shape index (κ2) is 8.52. The van der Waals surface area contributed by atoms with Crippen LogP contribution >= 0.6 is 24.0 Å². The number of anilines is 1. The van der Waals surface area contributed by atoms with E-state index in [0.29, 0.717) is 41.6 Å². The first kappa shape index (κ1) is 19.5. The van der Waals surface area contributed by atoms with Gasteiger partial charge < -0.3 is 15.8 Å². The summed E-state index contributed by atoms with van der Waals surface area (Å²) in [5.74, 6) is -0.210. The van der Waals surface area contributed by atoms with Crippen LogP contribution in [-0.4, -0.2) is 19.1 Å². The van der Waals surface area contributed by atoms with Gasteiger partial charge >= 0.3 is 0 Å². The number of halogens is 3. The molecule has 2 atom stereocenters. The number of hydrogen-bond acceptors (Lipinski definition) is 3. The van der Waals surface area contributed by atoms with E-state index in [2.05, 4.69) is 5.32 Å². The lowest BCUT2D eigenvalue weighted by Gasteiger charge is -2.08. The maximum Gasteiger partial charge on any atom is 0.228 e. The smallest absolute Gasteiger partial charge is 0.228 e. The Kier molecular flexibility index (Phi) is 6.64. The third-order valence-corrected chi connectivity index (χ3v) is 4.34. The fourth-order valence-corrected chi connectivity index (χ4v) is 3.02. The molecule has 2 aromatic rings. The number of amides is 1. The van der Waals surface area contributed by atoms with Gasteiger partial charge in [0.25, 0.3) is 0 Å². The quantitative estimate of drug-likeness (QED) is 0.791. The van der Waals surface area contributed by atoms with E-state index >= 15 is 0 Å². The molecule has 4 nitrogen and oxygen atoms in total. The van der Waals surface area contributed by atoms with Gasteiger partial charge in [0, 0.05) is 34.7 Å². The molecular formula is C18H19Cl2FN2O2. The van der Waals surface area contributed by atoms with E-state index in [4.69, 9.17) is 22.1 Å². The monoisotopic (exact) mass is 384 g/mol. The summed E-state index contributed by atoms with van der Waals surface area (Å²) in [4.78, 5) is 12.3. The SMILES string of the molecule is Cl.NCCOc1ccc(NC(=O)C2CC2c2c(F)cccc2Cl)cc1. The summed E-state index contributed by atoms with van der Waals surface area (Å²) in [6, 6.07) is 11.6. The standard InChI is InChI=1S/C18H18ClFN2O2.ClH/c19-15-2-1-3-16(20)17(15)13-10-14(13)18(23)22-11-4-6-12(7-5-11)24-9-8-21;/h1-7,13-14H,8-10,21H2,(H,22,23);1H. The first-order valence-electron chi connectivity index (χ1n) is 7.78. The van der Waals surface area contributed by atoms with Gasteiger partial charge in [0.2, 0.25) is 5.91 Å². The highest BCUT2D eigenvalue weighted by Crippen LogP contribution is 2.50. The Hall–Kier alpha value is -1.82. The van der Waals surface area contributed by atoms with Crippen LogP contribution in [0.3, 0.4) is 0 Å². The molecule has 1 aliphatic rings. The highest BCUT2D eigenvalue weighted by Gasteiger charge is 2.46. The van der Waals surface area contributed by atoms with Crippen LogP contribution in [0.25, 0.3) is 0 Å². The van der Waals surface area contributed by atoms with Crippen LogP contribution in [0.15, 0.2) is 42.5 Å². The molecule has 25 heavy (non-hydrogen) atoms. The molecule has 2 aromatic carbocycles. The van der Waals surface area contributed by atoms with E-state index in [1.165, 1.54) is 6.07 Å². The zero-order chi connectivity index (χ0) is 17.1. The molecular weight excluding hydrogens is 366 g/mol. The first-order valence-corrected chi connectivity index (χ1v) is 8.15. The molecule has 7 heteroatoms. The fourth-order valence-electron chi connectivity index (χ4n) is 2.71. The van der Waals surface area contributed by atoms with Gasteiger partial charge in [0.15, 0.2) is 0 Å². The number of benzene rings is 2. The van der Waals surface area contributed by atoms with Crippen LogP contribution in [0.5, 0.6) is 5.75 Å². The highest BCUT2D eigenvalue weighted by atomic mass is 35.5. The molecule has 1 amide bonds. The third kappa shape index (κ3) is 4.63. The Balaban J connectivity index is 0.00000225. The molecule has 0 bridgehead atoms. The Morgan fingerprint density at radius 2 is 2.00 bits per heavy atom. The summed E-state index contributed by atoms with van der Waals surface area (Å²) < 4.78 is 19.3. The van der Waals surface area contributed by atoms with Gasteiger partial charge in [0.05, 0.1) is 0 Å². The summed E-state index contributed by atoms with van der Waals surface area (Å²) in [6.07, 6.45) is 0.601. The Bertz CT molecular complexity index is 720. The summed E-state index contributed by atoms with van der Waals surface area (Å²) in [5, 5.41) is 3.21. The number of carbonyl (C=O) groups is 1. The molecule has 0 saturated heterocycles. The zero-order valence-electron chi connectivity index (χ0n) is 13.4. The van der Waals surface area contributed by atoms with E-state index in [1.54, 1.807) is 36.4 Å². The minimum Gasteiger partial charge on any atom is -0.492 e. The minimum absolute atomic E-state index is 0. The zero-order valence-corrected chi connectivity index (χ0v) is 14.9. The summed E-state index contributed by atoms with van der Waals surface area (Å²) >= 11 is 6.06. The molecule has 3 N–H and O–H groups in total. The molecule has 1 fully saturated rings. The van der Waals surface area contributed by atoms with Gasteiger partial charge in [-0.05, 0) is 42.8 Å². The van der Waals surface area contributed by atoms with E-state index in [9.17, 15) is 9.18 Å². The molecule has 0 aliphatic heterocycles. The number of carbonyl (C=O) groups excluding carboxylic acids is 1. The van der Waals surface area contributed by atoms with Gasteiger partial charge in [0.1, 0.15) is 18.2 Å². The second-order valence-corrected chi connectivity index (χ2v) is 6.14. The largest absolute Gasteiger partial charge is 0.492 e. The van der Waals surface area contributed by atoms with Gasteiger partial charge in [-0.3, -0.25) is 4.79 Å². The van der Waals surface area contributed by atoms with Crippen LogP contribution in [0.2, 0.25) is 5.02 Å². The van der Waals surface area contributed by atoms with Crippen molar-refractivity contribution in [1.82, 2.24) is 0 Å². The molecule has 1 saturated carbocycles. The average Bonchev–Trinajstić information content (AvgIpc) is 3.34. The Morgan fingerprint density at radius 3 is 2.64 bits per heavy atom. The van der Waals surface area contributed by atoms with Crippen LogP contribution in [0, 0.1) is 11.7 Å². The number of rotatable bonds is 6. The molecule has 0 spiro atoms. The minimum atomic E-state index is -0.357. The van der Waals surface area contributed by atoms with Gasteiger partial charge in [-0.2, -0.15) is 0 Å². The number of nitrogens with two attached hydrogens (primary N) is 1. The van der Waals surface area contributed by atoms with E-state index in [1.807, 2.05) is 0 Å². The lowest BCUT2D eigenvalue weighted by Crippen LogP contribution is -2.15. The van der Waals surface area contributed by atoms with Crippen LogP contribution in [0.1, 0.15) is 17.9 Å². The maximum atomic E-state index is 13.9. The van der Waals surface area contributed by atoms with Crippen molar-refractivity contribution >= 4 is 35.6 Å². The number of nitrogens with one attached hydrogen (secondary N) is 1. The van der Waals surface area contributed by atoms with Crippen molar-refractivity contribution < 1.29 is 13.9 Å². The summed E-state index contributed by atoms with van der Waals surface area (Å²) in [5.41, 5.74) is 6.48. The molecule has 0 aromatic heterocycles. The van der Waals surface area contributed by atoms with Crippen molar-refractivity contribution in [1.29, 1.82) is 0 Å². The normalized spacial score (nSPS) is 18.2. The first-order chi connectivity index (χ1) is 11.6. The number of ether oxygens (including phenoxy) is 1. The molecule has 134 valence electrons. The number of hydrogen-bond donors (Lipinski definition) is 2. The molecule has 1 aliphatic carbocycles. The Labute approximate surface area is 156 Å². The van der Waals surface area contributed by atoms with Crippen molar-refractivity contribution in [2.45, 2.75) is 12.3 Å². The van der Waals surface area contributed by atoms with Crippen molar-refractivity contribution in [3.8, 4) is 5.75 Å². The molecule has 3 rings (SSSR count). The van der Waals surface area contributed by atoms with Crippen molar-refractivity contribution in [3.05, 3.63) is 58.9 Å². The third-order valence-electron chi connectivity index (χ3n) is 4.01. The van der Waals surface area contributed by atoms with Gasteiger partial charge in [-0.25, -0.2) is 4.39 Å². The topological polar surface area (TPSA) is 64.3 Å². The van der Waals surface area contributed by atoms with Crippen molar-refractivity contribution in [3.63, 3.8) is 0 Å². The van der Waals surface area contributed by atoms with Crippen molar-refractivity contribution in [2.75, 3.05) is 18.5 Å². The molecule has 0 heterocycles. The van der Waals surface area contributed by atoms with Crippen LogP contribution < -0.4 is 15.8 Å². The predicted octanol–water partition coefficient (Wildman–Crippen LogP) is 3.98. The lowest BCUT2D eigenvalue weighted by molar-refractivity contribution is -0.117. The van der Waals surface area contributed by atoms with Crippen molar-refractivity contribution in [2.24, 2.45) is 11.7 Å². The van der Waals surface area contributed by atoms with E-state index in [0.717, 1.165) is 0 Å². The van der Waals surface area contributed by atoms with Crippen LogP contribution in [0.4, 0.5) is 10.1 Å². The van der Waals surface area contributed by atoms with Gasteiger partial charge in [-0.1, -0.05) is 17.7 Å². The highest BCUT2D eigenvalue weighted by molar-refractivity contribution is 6.31. The molecule has 2 unspecified atom stereocenters. The van der Waals surface area contributed by atoms with Gasteiger partial charge in [-0.15, -0.1) is 12.4 Å². The fraction of sp³-hybridized carbons (Fsp3) is 0.278. The summed E-state index contributed by atoms with van der Waals surface area (Å²) in [7, 11) is 0.